The molecule has 0 radical (unpaired) electrons. The van der Waals surface area contributed by atoms with Crippen molar-refractivity contribution >= 4 is 72.7 Å². The van der Waals surface area contributed by atoms with Crippen LogP contribution in [0.5, 0.6) is 0 Å². The third kappa shape index (κ3) is 10.2. The van der Waals surface area contributed by atoms with Crippen LogP contribution >= 0.6 is 0 Å². The maximum absolute atomic E-state index is 2.60. The average molecular weight is 1150 g/mol. The Kier molecular flexibility index (Phi) is 14.9. The molecule has 14 rings (SSSR count). The minimum Gasteiger partial charge on any atom is -0.310 e. The minimum absolute atomic E-state index is 0.300. The number of hydrogen-bond acceptors (Lipinski definition) is 3. The molecule has 0 saturated carbocycles. The van der Waals surface area contributed by atoms with E-state index >= 15 is 0 Å². The fourth-order valence-corrected chi connectivity index (χ4v) is 13.8. The molecule has 0 bridgehead atoms. The van der Waals surface area contributed by atoms with Crippen molar-refractivity contribution < 1.29 is 0 Å². The summed E-state index contributed by atoms with van der Waals surface area (Å²) in [6, 6.07) is 109. The number of rotatable bonds is 15. The summed E-state index contributed by atoms with van der Waals surface area (Å²) in [4.78, 5) is 7.69. The van der Waals surface area contributed by atoms with E-state index in [0.29, 0.717) is 17.8 Å². The molecule has 1 aliphatic carbocycles. The van der Waals surface area contributed by atoms with Gasteiger partial charge in [-0.2, -0.15) is 0 Å². The van der Waals surface area contributed by atoms with Crippen LogP contribution in [-0.4, -0.2) is 0 Å². The van der Waals surface area contributed by atoms with Crippen molar-refractivity contribution in [3.05, 3.63) is 319 Å². The van der Waals surface area contributed by atoms with Crippen molar-refractivity contribution in [3.63, 3.8) is 0 Å². The third-order valence-electron chi connectivity index (χ3n) is 18.6. The summed E-state index contributed by atoms with van der Waals surface area (Å²) >= 11 is 0. The lowest BCUT2D eigenvalue weighted by atomic mass is 9.81. The average Bonchev–Trinajstić information content (AvgIpc) is 1.70. The molecule has 89 heavy (non-hydrogen) atoms. The topological polar surface area (TPSA) is 9.72 Å². The third-order valence-corrected chi connectivity index (χ3v) is 18.6. The van der Waals surface area contributed by atoms with Crippen molar-refractivity contribution in [3.8, 4) is 44.5 Å². The van der Waals surface area contributed by atoms with Crippen LogP contribution in [0.4, 0.5) is 51.2 Å². The Morgan fingerprint density at radius 3 is 1.00 bits per heavy atom. The normalized spacial score (nSPS) is 12.4. The molecule has 1 aliphatic rings. The molecular weight excluding hydrogens is 1070 g/mol. The molecular formula is C86H75N3. The zero-order valence-electron chi connectivity index (χ0n) is 52.3. The van der Waals surface area contributed by atoms with Crippen LogP contribution in [0.25, 0.3) is 66.1 Å². The Hall–Kier alpha value is -10.2. The number of hydrogen-bond donors (Lipinski definition) is 0. The van der Waals surface area contributed by atoms with Crippen LogP contribution in [0.15, 0.2) is 291 Å². The zero-order chi connectivity index (χ0) is 60.9. The molecule has 0 aliphatic heterocycles. The Morgan fingerprint density at radius 1 is 0.247 bits per heavy atom. The maximum atomic E-state index is 2.60. The van der Waals surface area contributed by atoms with Crippen LogP contribution in [-0.2, 0) is 5.41 Å². The van der Waals surface area contributed by atoms with E-state index in [0.717, 1.165) is 106 Å². The summed E-state index contributed by atoms with van der Waals surface area (Å²) in [5, 5.41) is 4.53. The van der Waals surface area contributed by atoms with Gasteiger partial charge in [0.05, 0.1) is 28.4 Å². The van der Waals surface area contributed by atoms with Gasteiger partial charge in [0.1, 0.15) is 0 Å². The molecule has 0 unspecified atom stereocenters. The van der Waals surface area contributed by atoms with Crippen LogP contribution in [0.3, 0.4) is 0 Å². The van der Waals surface area contributed by atoms with Gasteiger partial charge in [0.15, 0.2) is 0 Å². The summed E-state index contributed by atoms with van der Waals surface area (Å²) in [5.41, 5.74) is 25.4. The van der Waals surface area contributed by atoms with Gasteiger partial charge in [0, 0.05) is 66.4 Å². The highest BCUT2D eigenvalue weighted by atomic mass is 15.2. The van der Waals surface area contributed by atoms with Crippen LogP contribution < -0.4 is 14.7 Å². The fraction of sp³-hybridized carbons (Fsp3) is 0.140. The molecule has 3 heteroatoms. The van der Waals surface area contributed by atoms with E-state index in [1.165, 1.54) is 38.9 Å². The largest absolute Gasteiger partial charge is 0.310 e. The van der Waals surface area contributed by atoms with Crippen LogP contribution in [0.1, 0.15) is 101 Å². The molecule has 0 N–H and O–H groups in total. The summed E-state index contributed by atoms with van der Waals surface area (Å²) in [6.45, 7) is 18.5. The first-order chi connectivity index (χ1) is 43.4. The van der Waals surface area contributed by atoms with Crippen LogP contribution in [0.2, 0.25) is 0 Å². The van der Waals surface area contributed by atoms with Gasteiger partial charge < -0.3 is 14.7 Å². The standard InChI is InChI=1S/C86H75N3/c1-57(2)60-40-46-66(47-41-60)87(81-37-23-19-32-70(81)63-26-12-9-13-27-63)69-52-53-74-76(54-69)85(89(68-50-44-62(45-51-68)59(5)6)83-39-25-21-34-72(83)65-30-16-11-17-31-65)77-55-75-73-35-18-22-36-79(73)86(7,8)80(75)56-78(77)84(74)88(67-48-42-61(43-49-67)58(3)4)82-38-24-20-33-71(82)64-28-14-10-15-29-64/h9-59H,1-8H3. The Balaban J connectivity index is 1.20. The number of para-hydroxylation sites is 3. The minimum atomic E-state index is -0.300. The Morgan fingerprint density at radius 2 is 0.573 bits per heavy atom. The lowest BCUT2D eigenvalue weighted by Crippen LogP contribution is -2.18. The first-order valence-electron chi connectivity index (χ1n) is 31.7. The second kappa shape index (κ2) is 23.5. The van der Waals surface area contributed by atoms with E-state index in [2.05, 4.69) is 361 Å². The van der Waals surface area contributed by atoms with Gasteiger partial charge in [0.2, 0.25) is 0 Å². The van der Waals surface area contributed by atoms with E-state index in [4.69, 9.17) is 0 Å². The van der Waals surface area contributed by atoms with Crippen molar-refractivity contribution in [1.29, 1.82) is 0 Å². The lowest BCUT2D eigenvalue weighted by molar-refractivity contribution is 0.661. The second-order valence-electron chi connectivity index (χ2n) is 25.4. The highest BCUT2D eigenvalue weighted by Gasteiger charge is 2.38. The van der Waals surface area contributed by atoms with Gasteiger partial charge in [-0.1, -0.05) is 268 Å². The Labute approximate surface area is 526 Å². The van der Waals surface area contributed by atoms with Gasteiger partial charge in [-0.3, -0.25) is 0 Å². The predicted molar refractivity (Wildman–Crippen MR) is 382 cm³/mol. The first kappa shape index (κ1) is 56.6. The quantitative estimate of drug-likeness (QED) is 0.0748. The summed E-state index contributed by atoms with van der Waals surface area (Å²) in [6.07, 6.45) is 0. The molecule has 434 valence electrons. The molecule has 3 nitrogen and oxygen atoms in total. The highest BCUT2D eigenvalue weighted by Crippen LogP contribution is 2.58. The second-order valence-corrected chi connectivity index (χ2v) is 25.4. The summed E-state index contributed by atoms with van der Waals surface area (Å²) in [5.74, 6) is 1.08. The number of fused-ring (bicyclic) bond motifs is 5. The number of nitrogens with zero attached hydrogens (tertiary/aromatic N) is 3. The Bertz CT molecular complexity index is 4700. The summed E-state index contributed by atoms with van der Waals surface area (Å²) in [7, 11) is 0. The van der Waals surface area contributed by atoms with Gasteiger partial charge >= 0.3 is 0 Å². The van der Waals surface area contributed by atoms with Gasteiger partial charge in [-0.05, 0) is 152 Å². The SMILES string of the molecule is CC(C)c1ccc(N(c2ccc3c(N(c4ccc(C(C)C)cc4)c4ccccc4-c4ccccc4)c4cc5c(cc4c(N(c4ccc(C(C)C)cc4)c4ccccc4-c4ccccc4)c3c2)-c2ccccc2C5(C)C)c2ccccc2-c2ccccc2)cc1. The monoisotopic (exact) mass is 1150 g/mol. The number of benzene rings is 13. The zero-order valence-corrected chi connectivity index (χ0v) is 52.3. The molecule has 0 aromatic heterocycles. The molecule has 0 fully saturated rings. The maximum Gasteiger partial charge on any atom is 0.0621 e. The first-order valence-corrected chi connectivity index (χ1v) is 31.7. The smallest absolute Gasteiger partial charge is 0.0621 e. The summed E-state index contributed by atoms with van der Waals surface area (Å²) < 4.78 is 0. The van der Waals surface area contributed by atoms with Gasteiger partial charge in [-0.15, -0.1) is 0 Å². The van der Waals surface area contributed by atoms with Crippen molar-refractivity contribution in [1.82, 2.24) is 0 Å². The lowest BCUT2D eigenvalue weighted by Gasteiger charge is -2.35. The van der Waals surface area contributed by atoms with E-state index in [1.54, 1.807) is 0 Å². The molecule has 13 aromatic carbocycles. The fourth-order valence-electron chi connectivity index (χ4n) is 13.8. The number of anilines is 9. The van der Waals surface area contributed by atoms with E-state index < -0.39 is 0 Å². The molecule has 0 atom stereocenters. The molecule has 0 spiro atoms. The van der Waals surface area contributed by atoms with E-state index in [1.807, 2.05) is 0 Å². The molecule has 13 aromatic rings. The van der Waals surface area contributed by atoms with E-state index in [-0.39, 0.29) is 5.41 Å². The van der Waals surface area contributed by atoms with Crippen molar-refractivity contribution in [2.75, 3.05) is 14.7 Å². The van der Waals surface area contributed by atoms with Gasteiger partial charge in [-0.25, -0.2) is 0 Å². The molecule has 0 saturated heterocycles. The predicted octanol–water partition coefficient (Wildman–Crippen LogP) is 25.1. The van der Waals surface area contributed by atoms with E-state index in [9.17, 15) is 0 Å². The highest BCUT2D eigenvalue weighted by molar-refractivity contribution is 6.25. The van der Waals surface area contributed by atoms with Crippen molar-refractivity contribution in [2.24, 2.45) is 0 Å². The molecule has 0 amide bonds. The molecule has 0 heterocycles. The van der Waals surface area contributed by atoms with Gasteiger partial charge in [0.25, 0.3) is 0 Å². The van der Waals surface area contributed by atoms with Crippen LogP contribution in [0, 0.1) is 0 Å². The van der Waals surface area contributed by atoms with Crippen molar-refractivity contribution in [2.45, 2.75) is 78.6 Å².